The number of benzene rings is 1. The lowest BCUT2D eigenvalue weighted by atomic mass is 9.95. The third kappa shape index (κ3) is 15.5. The zero-order chi connectivity index (χ0) is 22.7. The van der Waals surface area contributed by atoms with Gasteiger partial charge in [0.05, 0.1) is 0 Å². The molecule has 0 fully saturated rings. The topological polar surface area (TPSA) is 20.2 Å². The third-order valence-electron chi connectivity index (χ3n) is 6.68. The first kappa shape index (κ1) is 28.1. The van der Waals surface area contributed by atoms with Gasteiger partial charge in [0.15, 0.2) is 0 Å². The average molecular weight is 431 g/mol. The van der Waals surface area contributed by atoms with Crippen molar-refractivity contribution in [3.63, 3.8) is 0 Å². The molecule has 1 rings (SSSR count). The number of hydrogen-bond acceptors (Lipinski definition) is 1. The first-order valence-corrected chi connectivity index (χ1v) is 13.8. The van der Waals surface area contributed by atoms with Crippen LogP contribution in [-0.2, 0) is 12.8 Å². The highest BCUT2D eigenvalue weighted by Gasteiger charge is 2.08. The van der Waals surface area contributed by atoms with Gasteiger partial charge in [0.25, 0.3) is 0 Å². The van der Waals surface area contributed by atoms with E-state index < -0.39 is 0 Å². The molecule has 0 amide bonds. The van der Waals surface area contributed by atoms with Crippen molar-refractivity contribution >= 4 is 0 Å². The van der Waals surface area contributed by atoms with Gasteiger partial charge in [-0.15, -0.1) is 0 Å². The molecule has 0 aromatic heterocycles. The largest absolute Gasteiger partial charge is 0.508 e. The van der Waals surface area contributed by atoms with Crippen LogP contribution < -0.4 is 0 Å². The fourth-order valence-electron chi connectivity index (χ4n) is 4.63. The molecule has 1 aromatic rings. The number of aromatic hydroxyl groups is 1. The number of phenolic OH excluding ortho intramolecular Hbond substituents is 1. The second-order valence-electron chi connectivity index (χ2n) is 10.7. The van der Waals surface area contributed by atoms with Gasteiger partial charge < -0.3 is 5.11 Å². The van der Waals surface area contributed by atoms with Gasteiger partial charge in [-0.1, -0.05) is 130 Å². The molecule has 31 heavy (non-hydrogen) atoms. The molecular weight excluding hydrogens is 376 g/mol. The van der Waals surface area contributed by atoms with E-state index in [0.717, 1.165) is 24.7 Å². The van der Waals surface area contributed by atoms with Gasteiger partial charge in [0.1, 0.15) is 5.75 Å². The summed E-state index contributed by atoms with van der Waals surface area (Å²) in [5.74, 6) is 2.24. The highest BCUT2D eigenvalue weighted by Crippen LogP contribution is 2.25. The van der Waals surface area contributed by atoms with Crippen molar-refractivity contribution in [3.05, 3.63) is 29.3 Å². The predicted molar refractivity (Wildman–Crippen MR) is 139 cm³/mol. The lowest BCUT2D eigenvalue weighted by Gasteiger charge is -2.12. The quantitative estimate of drug-likeness (QED) is 0.204. The number of unbranched alkanes of at least 4 members (excludes halogenated alkanes) is 12. The zero-order valence-corrected chi connectivity index (χ0v) is 21.6. The van der Waals surface area contributed by atoms with Crippen LogP contribution >= 0.6 is 0 Å². The third-order valence-corrected chi connectivity index (χ3v) is 6.68. The Hall–Kier alpha value is -0.980. The minimum Gasteiger partial charge on any atom is -0.508 e. The van der Waals surface area contributed by atoms with Gasteiger partial charge in [0, 0.05) is 0 Å². The van der Waals surface area contributed by atoms with E-state index in [1.165, 1.54) is 114 Å². The van der Waals surface area contributed by atoms with Crippen LogP contribution in [-0.4, -0.2) is 5.11 Å². The fraction of sp³-hybridized carbons (Fsp3) is 0.800. The maximum atomic E-state index is 10.4. The van der Waals surface area contributed by atoms with E-state index in [1.807, 2.05) is 12.1 Å². The molecule has 0 aliphatic heterocycles. The van der Waals surface area contributed by atoms with Crippen molar-refractivity contribution in [2.24, 2.45) is 11.8 Å². The molecule has 1 aromatic carbocycles. The molecule has 0 atom stereocenters. The molecule has 0 bridgehead atoms. The predicted octanol–water partition coefficient (Wildman–Crippen LogP) is 10.0. The van der Waals surface area contributed by atoms with Gasteiger partial charge in [0.2, 0.25) is 0 Å². The Bertz CT molecular complexity index is 531. The van der Waals surface area contributed by atoms with Crippen LogP contribution in [0.3, 0.4) is 0 Å². The number of phenols is 1. The number of rotatable bonds is 20. The highest BCUT2D eigenvalue weighted by atomic mass is 16.3. The lowest BCUT2D eigenvalue weighted by molar-refractivity contribution is 0.463. The maximum Gasteiger partial charge on any atom is 0.119 e. The first-order chi connectivity index (χ1) is 15.0. The van der Waals surface area contributed by atoms with E-state index in [9.17, 15) is 5.11 Å². The molecule has 0 saturated carbocycles. The van der Waals surface area contributed by atoms with Crippen molar-refractivity contribution < 1.29 is 5.11 Å². The first-order valence-electron chi connectivity index (χ1n) is 13.8. The fourth-order valence-corrected chi connectivity index (χ4v) is 4.63. The molecular formula is C30H54O. The summed E-state index contributed by atoms with van der Waals surface area (Å²) < 4.78 is 0. The normalized spacial score (nSPS) is 11.7. The Kier molecular flexibility index (Phi) is 16.8. The molecule has 180 valence electrons. The lowest BCUT2D eigenvalue weighted by Crippen LogP contribution is -1.96. The summed E-state index contributed by atoms with van der Waals surface area (Å²) in [6.07, 6.45) is 24.0. The summed E-state index contributed by atoms with van der Waals surface area (Å²) in [5.41, 5.74) is 2.62. The molecule has 0 heterocycles. The van der Waals surface area contributed by atoms with Crippen LogP contribution in [0.2, 0.25) is 0 Å². The number of hydrogen-bond donors (Lipinski definition) is 1. The summed E-state index contributed by atoms with van der Waals surface area (Å²) in [7, 11) is 0. The molecule has 1 heteroatoms. The standard InChI is InChI=1S/C30H54O/c1-26(2)20-15-11-7-5-9-13-17-22-28-23-19-25-30(31)29(28)24-18-14-10-6-8-12-16-21-27(3)4/h19,23,25-27,31H,5-18,20-22,24H2,1-4H3. The second-order valence-corrected chi connectivity index (χ2v) is 10.7. The second kappa shape index (κ2) is 18.6. The average Bonchev–Trinajstić information content (AvgIpc) is 2.72. The van der Waals surface area contributed by atoms with Crippen LogP contribution in [0.1, 0.15) is 142 Å². The number of aryl methyl sites for hydroxylation is 1. The molecule has 0 unspecified atom stereocenters. The summed E-state index contributed by atoms with van der Waals surface area (Å²) in [5, 5.41) is 10.4. The van der Waals surface area contributed by atoms with Crippen LogP contribution in [0.4, 0.5) is 0 Å². The smallest absolute Gasteiger partial charge is 0.119 e. The van der Waals surface area contributed by atoms with Crippen molar-refractivity contribution in [1.29, 1.82) is 0 Å². The SMILES string of the molecule is CC(C)CCCCCCCCCc1cccc(O)c1CCCCCCCCCC(C)C. The zero-order valence-electron chi connectivity index (χ0n) is 21.6. The summed E-state index contributed by atoms with van der Waals surface area (Å²) in [6, 6.07) is 6.15. The van der Waals surface area contributed by atoms with Crippen LogP contribution in [0.25, 0.3) is 0 Å². The molecule has 0 saturated heterocycles. The van der Waals surface area contributed by atoms with Crippen molar-refractivity contribution in [2.45, 2.75) is 143 Å². The molecule has 0 radical (unpaired) electrons. The summed E-state index contributed by atoms with van der Waals surface area (Å²) >= 11 is 0. The summed E-state index contributed by atoms with van der Waals surface area (Å²) in [4.78, 5) is 0. The summed E-state index contributed by atoms with van der Waals surface area (Å²) in [6.45, 7) is 9.30. The van der Waals surface area contributed by atoms with Gasteiger partial charge in [-0.25, -0.2) is 0 Å². The van der Waals surface area contributed by atoms with Gasteiger partial charge in [-0.3, -0.25) is 0 Å². The van der Waals surface area contributed by atoms with Crippen LogP contribution in [0.5, 0.6) is 5.75 Å². The van der Waals surface area contributed by atoms with Crippen LogP contribution in [0.15, 0.2) is 18.2 Å². The van der Waals surface area contributed by atoms with E-state index in [2.05, 4.69) is 33.8 Å². The Morgan fingerprint density at radius 1 is 0.548 bits per heavy atom. The maximum absolute atomic E-state index is 10.4. The van der Waals surface area contributed by atoms with Crippen molar-refractivity contribution in [2.75, 3.05) is 0 Å². The molecule has 1 N–H and O–H groups in total. The van der Waals surface area contributed by atoms with Crippen LogP contribution in [0, 0.1) is 11.8 Å². The van der Waals surface area contributed by atoms with Crippen molar-refractivity contribution in [1.82, 2.24) is 0 Å². The van der Waals surface area contributed by atoms with Gasteiger partial charge >= 0.3 is 0 Å². The van der Waals surface area contributed by atoms with E-state index in [0.29, 0.717) is 5.75 Å². The minimum absolute atomic E-state index is 0.524. The Morgan fingerprint density at radius 3 is 1.45 bits per heavy atom. The molecule has 0 spiro atoms. The van der Waals surface area contributed by atoms with E-state index in [4.69, 9.17) is 0 Å². The molecule has 1 nitrogen and oxygen atoms in total. The van der Waals surface area contributed by atoms with Gasteiger partial charge in [-0.05, 0) is 54.7 Å². The molecule has 0 aliphatic carbocycles. The monoisotopic (exact) mass is 430 g/mol. The van der Waals surface area contributed by atoms with E-state index in [-0.39, 0.29) is 0 Å². The Labute approximate surface area is 195 Å². The Morgan fingerprint density at radius 2 is 0.968 bits per heavy atom. The van der Waals surface area contributed by atoms with E-state index in [1.54, 1.807) is 0 Å². The minimum atomic E-state index is 0.524. The van der Waals surface area contributed by atoms with Gasteiger partial charge in [-0.2, -0.15) is 0 Å². The van der Waals surface area contributed by atoms with Crippen molar-refractivity contribution in [3.8, 4) is 5.75 Å². The molecule has 0 aliphatic rings. The highest BCUT2D eigenvalue weighted by molar-refractivity contribution is 5.39. The van der Waals surface area contributed by atoms with E-state index >= 15 is 0 Å². The Balaban J connectivity index is 2.14.